The standard InChI is InChI=1S/C14H25NO3/c1-2-3-8-15(12-5-6-12)10-14(13(16)17)7-4-9-18-11-14/h12H,2-11H2,1H3,(H,16,17). The Balaban J connectivity index is 1.98. The quantitative estimate of drug-likeness (QED) is 0.757. The van der Waals surface area contributed by atoms with Crippen LogP contribution < -0.4 is 0 Å². The van der Waals surface area contributed by atoms with Crippen molar-refractivity contribution >= 4 is 5.97 Å². The third-order valence-corrected chi connectivity index (χ3v) is 4.14. The van der Waals surface area contributed by atoms with E-state index in [2.05, 4.69) is 11.8 Å². The predicted octanol–water partition coefficient (Wildman–Crippen LogP) is 2.13. The van der Waals surface area contributed by atoms with E-state index in [1.165, 1.54) is 19.3 Å². The molecule has 2 rings (SSSR count). The van der Waals surface area contributed by atoms with Crippen molar-refractivity contribution in [3.8, 4) is 0 Å². The van der Waals surface area contributed by atoms with Gasteiger partial charge >= 0.3 is 5.97 Å². The Labute approximate surface area is 109 Å². The van der Waals surface area contributed by atoms with Gasteiger partial charge in [-0.1, -0.05) is 13.3 Å². The fourth-order valence-electron chi connectivity index (χ4n) is 2.79. The van der Waals surface area contributed by atoms with Crippen molar-refractivity contribution in [1.82, 2.24) is 4.90 Å². The molecule has 2 aliphatic rings. The minimum absolute atomic E-state index is 0.387. The molecule has 4 heteroatoms. The third-order valence-electron chi connectivity index (χ3n) is 4.14. The molecule has 1 aliphatic heterocycles. The Morgan fingerprint density at radius 2 is 2.28 bits per heavy atom. The first-order valence-electron chi connectivity index (χ1n) is 7.23. The smallest absolute Gasteiger partial charge is 0.313 e. The van der Waals surface area contributed by atoms with Crippen LogP contribution in [-0.2, 0) is 9.53 Å². The lowest BCUT2D eigenvalue weighted by atomic mass is 9.82. The SMILES string of the molecule is CCCCN(CC1(C(=O)O)CCCOC1)C1CC1. The number of unbranched alkanes of at least 4 members (excludes halogenated alkanes) is 1. The van der Waals surface area contributed by atoms with Crippen LogP contribution in [0.4, 0.5) is 0 Å². The fourth-order valence-corrected chi connectivity index (χ4v) is 2.79. The Morgan fingerprint density at radius 3 is 2.78 bits per heavy atom. The van der Waals surface area contributed by atoms with E-state index in [-0.39, 0.29) is 0 Å². The largest absolute Gasteiger partial charge is 0.481 e. The Hall–Kier alpha value is -0.610. The highest BCUT2D eigenvalue weighted by Crippen LogP contribution is 2.35. The fraction of sp³-hybridized carbons (Fsp3) is 0.929. The summed E-state index contributed by atoms with van der Waals surface area (Å²) in [7, 11) is 0. The summed E-state index contributed by atoms with van der Waals surface area (Å²) >= 11 is 0. The van der Waals surface area contributed by atoms with E-state index in [4.69, 9.17) is 4.74 Å². The zero-order valence-corrected chi connectivity index (χ0v) is 11.4. The van der Waals surface area contributed by atoms with Crippen LogP contribution in [0.3, 0.4) is 0 Å². The van der Waals surface area contributed by atoms with Gasteiger partial charge in [-0.2, -0.15) is 0 Å². The molecule has 1 unspecified atom stereocenters. The number of hydrogen-bond donors (Lipinski definition) is 1. The first-order valence-corrected chi connectivity index (χ1v) is 7.23. The summed E-state index contributed by atoms with van der Waals surface area (Å²) in [5, 5.41) is 9.56. The van der Waals surface area contributed by atoms with E-state index in [1.807, 2.05) is 0 Å². The Kier molecular flexibility index (Phi) is 4.62. The van der Waals surface area contributed by atoms with Crippen molar-refractivity contribution in [2.24, 2.45) is 5.41 Å². The molecule has 1 N–H and O–H groups in total. The van der Waals surface area contributed by atoms with Crippen molar-refractivity contribution in [3.05, 3.63) is 0 Å². The van der Waals surface area contributed by atoms with E-state index in [9.17, 15) is 9.90 Å². The van der Waals surface area contributed by atoms with Gasteiger partial charge in [0.15, 0.2) is 0 Å². The number of rotatable bonds is 7. The second-order valence-corrected chi connectivity index (χ2v) is 5.80. The van der Waals surface area contributed by atoms with Crippen LogP contribution in [-0.4, -0.2) is 48.3 Å². The molecular weight excluding hydrogens is 230 g/mol. The minimum atomic E-state index is -0.677. The van der Waals surface area contributed by atoms with Crippen molar-refractivity contribution in [2.45, 2.75) is 51.5 Å². The van der Waals surface area contributed by atoms with Crippen LogP contribution in [0.2, 0.25) is 0 Å². The van der Waals surface area contributed by atoms with Crippen LogP contribution in [0, 0.1) is 5.41 Å². The summed E-state index contributed by atoms with van der Waals surface area (Å²) in [5.41, 5.74) is -0.658. The molecule has 1 aliphatic carbocycles. The number of carboxylic acid groups (broad SMARTS) is 1. The van der Waals surface area contributed by atoms with Gasteiger partial charge in [0, 0.05) is 19.2 Å². The maximum absolute atomic E-state index is 11.6. The van der Waals surface area contributed by atoms with Crippen molar-refractivity contribution in [1.29, 1.82) is 0 Å². The van der Waals surface area contributed by atoms with Crippen LogP contribution in [0.25, 0.3) is 0 Å². The van der Waals surface area contributed by atoms with Crippen molar-refractivity contribution in [3.63, 3.8) is 0 Å². The normalized spacial score (nSPS) is 28.6. The average molecular weight is 255 g/mol. The van der Waals surface area contributed by atoms with Crippen LogP contribution in [0.1, 0.15) is 45.4 Å². The van der Waals surface area contributed by atoms with Gasteiger partial charge in [0.05, 0.1) is 6.61 Å². The van der Waals surface area contributed by atoms with Gasteiger partial charge in [-0.25, -0.2) is 0 Å². The van der Waals surface area contributed by atoms with E-state index in [0.29, 0.717) is 25.8 Å². The van der Waals surface area contributed by atoms with E-state index in [0.717, 1.165) is 25.8 Å². The Bertz CT molecular complexity index is 283. The van der Waals surface area contributed by atoms with Crippen LogP contribution in [0.5, 0.6) is 0 Å². The van der Waals surface area contributed by atoms with Crippen molar-refractivity contribution < 1.29 is 14.6 Å². The highest BCUT2D eigenvalue weighted by molar-refractivity contribution is 5.75. The molecule has 0 aromatic rings. The molecule has 0 spiro atoms. The molecule has 0 radical (unpaired) electrons. The van der Waals surface area contributed by atoms with Crippen LogP contribution >= 0.6 is 0 Å². The first-order chi connectivity index (χ1) is 8.68. The predicted molar refractivity (Wildman–Crippen MR) is 69.6 cm³/mol. The first kappa shape index (κ1) is 13.8. The van der Waals surface area contributed by atoms with Gasteiger partial charge in [-0.3, -0.25) is 9.69 Å². The van der Waals surface area contributed by atoms with Gasteiger partial charge in [0.1, 0.15) is 5.41 Å². The molecule has 0 amide bonds. The van der Waals surface area contributed by atoms with Crippen molar-refractivity contribution in [2.75, 3.05) is 26.3 Å². The zero-order valence-electron chi connectivity index (χ0n) is 11.4. The number of hydrogen-bond acceptors (Lipinski definition) is 3. The lowest BCUT2D eigenvalue weighted by Gasteiger charge is -2.37. The highest BCUT2D eigenvalue weighted by atomic mass is 16.5. The molecule has 4 nitrogen and oxygen atoms in total. The summed E-state index contributed by atoms with van der Waals surface area (Å²) in [6, 6.07) is 0.634. The molecule has 0 aromatic heterocycles. The number of carbonyl (C=O) groups is 1. The molecule has 18 heavy (non-hydrogen) atoms. The Morgan fingerprint density at radius 1 is 1.50 bits per heavy atom. The van der Waals surface area contributed by atoms with Gasteiger partial charge in [0.2, 0.25) is 0 Å². The maximum Gasteiger partial charge on any atom is 0.313 e. The molecule has 0 bridgehead atoms. The number of aliphatic carboxylic acids is 1. The summed E-state index contributed by atoms with van der Waals surface area (Å²) in [5.74, 6) is -0.677. The molecular formula is C14H25NO3. The molecule has 0 aromatic carbocycles. The maximum atomic E-state index is 11.6. The molecule has 1 heterocycles. The van der Waals surface area contributed by atoms with E-state index >= 15 is 0 Å². The van der Waals surface area contributed by atoms with Gasteiger partial charge in [-0.15, -0.1) is 0 Å². The highest BCUT2D eigenvalue weighted by Gasteiger charge is 2.44. The van der Waals surface area contributed by atoms with E-state index in [1.54, 1.807) is 0 Å². The number of carboxylic acids is 1. The average Bonchev–Trinajstić information content (AvgIpc) is 3.19. The lowest BCUT2D eigenvalue weighted by Crippen LogP contribution is -2.49. The van der Waals surface area contributed by atoms with Gasteiger partial charge < -0.3 is 9.84 Å². The van der Waals surface area contributed by atoms with Gasteiger partial charge in [-0.05, 0) is 38.6 Å². The summed E-state index contributed by atoms with van der Waals surface area (Å²) in [6.45, 7) is 5.00. The molecule has 2 fully saturated rings. The van der Waals surface area contributed by atoms with Gasteiger partial charge in [0.25, 0.3) is 0 Å². The second-order valence-electron chi connectivity index (χ2n) is 5.80. The summed E-state index contributed by atoms with van der Waals surface area (Å²) in [4.78, 5) is 14.0. The zero-order chi connectivity index (χ0) is 13.0. The number of nitrogens with zero attached hydrogens (tertiary/aromatic N) is 1. The monoisotopic (exact) mass is 255 g/mol. The molecule has 104 valence electrons. The topological polar surface area (TPSA) is 49.8 Å². The third kappa shape index (κ3) is 3.23. The molecule has 1 saturated heterocycles. The van der Waals surface area contributed by atoms with E-state index < -0.39 is 11.4 Å². The van der Waals surface area contributed by atoms with Crippen LogP contribution in [0.15, 0.2) is 0 Å². The summed E-state index contributed by atoms with van der Waals surface area (Å²) in [6.07, 6.45) is 6.43. The molecule has 1 saturated carbocycles. The molecule has 1 atom stereocenters. The minimum Gasteiger partial charge on any atom is -0.481 e. The summed E-state index contributed by atoms with van der Waals surface area (Å²) < 4.78 is 5.44. The number of ether oxygens (including phenoxy) is 1. The second kappa shape index (κ2) is 6.02. The lowest BCUT2D eigenvalue weighted by molar-refractivity contribution is -0.159.